The third-order valence-corrected chi connectivity index (χ3v) is 10.3. The van der Waals surface area contributed by atoms with Gasteiger partial charge >= 0.3 is 0 Å². The van der Waals surface area contributed by atoms with Gasteiger partial charge in [-0.25, -0.2) is 9.97 Å². The van der Waals surface area contributed by atoms with E-state index in [2.05, 4.69) is 132 Å². The SMILES string of the molecule is c1cc(-c2nccc(-n3c4ccccc4c4ccccc43)n2)c2sc3cc4c5ccccc5c5ccccc5c4cc3c2c1. The van der Waals surface area contributed by atoms with Crippen molar-refractivity contribution in [3.8, 4) is 17.2 Å². The third kappa shape index (κ3) is 3.26. The van der Waals surface area contributed by atoms with Crippen LogP contribution in [0.5, 0.6) is 0 Å². The zero-order valence-electron chi connectivity index (χ0n) is 23.5. The topological polar surface area (TPSA) is 30.7 Å². The van der Waals surface area contributed by atoms with E-state index in [-0.39, 0.29) is 0 Å². The van der Waals surface area contributed by atoms with Crippen LogP contribution in [-0.4, -0.2) is 14.5 Å². The fraction of sp³-hybridized carbons (Fsp3) is 0. The van der Waals surface area contributed by atoms with Crippen molar-refractivity contribution < 1.29 is 0 Å². The molecule has 0 amide bonds. The molecule has 0 radical (unpaired) electrons. The minimum atomic E-state index is 0.738. The lowest BCUT2D eigenvalue weighted by Crippen LogP contribution is -2.00. The van der Waals surface area contributed by atoms with Crippen LogP contribution in [0.4, 0.5) is 0 Å². The normalized spacial score (nSPS) is 12.1. The van der Waals surface area contributed by atoms with Crippen LogP contribution in [0.25, 0.3) is 91.5 Å². The van der Waals surface area contributed by atoms with Crippen LogP contribution in [0.15, 0.2) is 140 Å². The molecule has 7 aromatic carbocycles. The van der Waals surface area contributed by atoms with E-state index in [0.717, 1.165) is 28.2 Å². The molecule has 4 heteroatoms. The minimum absolute atomic E-state index is 0.738. The number of hydrogen-bond donors (Lipinski definition) is 0. The van der Waals surface area contributed by atoms with Gasteiger partial charge in [0.25, 0.3) is 0 Å². The van der Waals surface area contributed by atoms with Gasteiger partial charge in [-0.3, -0.25) is 4.57 Å². The predicted molar refractivity (Wildman–Crippen MR) is 187 cm³/mol. The summed E-state index contributed by atoms with van der Waals surface area (Å²) < 4.78 is 4.74. The molecule has 0 aliphatic carbocycles. The number of thiophene rings is 1. The molecular formula is C40H23N3S. The molecule has 0 saturated carbocycles. The Bertz CT molecular complexity index is 2730. The smallest absolute Gasteiger partial charge is 0.162 e. The lowest BCUT2D eigenvalue weighted by molar-refractivity contribution is 1.05. The Morgan fingerprint density at radius 3 is 1.66 bits per heavy atom. The molecule has 0 bridgehead atoms. The van der Waals surface area contributed by atoms with Crippen LogP contribution in [0.3, 0.4) is 0 Å². The molecule has 3 heterocycles. The molecule has 3 nitrogen and oxygen atoms in total. The van der Waals surface area contributed by atoms with Crippen molar-refractivity contribution in [2.24, 2.45) is 0 Å². The minimum Gasteiger partial charge on any atom is -0.294 e. The molecule has 0 saturated heterocycles. The van der Waals surface area contributed by atoms with Gasteiger partial charge in [-0.15, -0.1) is 11.3 Å². The fourth-order valence-electron chi connectivity index (χ4n) is 7.14. The first-order valence-electron chi connectivity index (χ1n) is 14.8. The summed E-state index contributed by atoms with van der Waals surface area (Å²) >= 11 is 1.83. The van der Waals surface area contributed by atoms with Crippen LogP contribution < -0.4 is 0 Å². The molecule has 0 spiro atoms. The van der Waals surface area contributed by atoms with E-state index in [9.17, 15) is 0 Å². The zero-order chi connectivity index (χ0) is 28.8. The van der Waals surface area contributed by atoms with Gasteiger partial charge in [-0.2, -0.15) is 0 Å². The maximum atomic E-state index is 5.20. The third-order valence-electron chi connectivity index (χ3n) is 9.05. The molecule has 10 rings (SSSR count). The van der Waals surface area contributed by atoms with E-state index in [0.29, 0.717) is 0 Å². The number of para-hydroxylation sites is 2. The monoisotopic (exact) mass is 577 g/mol. The second kappa shape index (κ2) is 8.96. The van der Waals surface area contributed by atoms with E-state index in [1.165, 1.54) is 63.3 Å². The highest BCUT2D eigenvalue weighted by molar-refractivity contribution is 7.26. The van der Waals surface area contributed by atoms with E-state index in [1.807, 2.05) is 23.6 Å². The van der Waals surface area contributed by atoms with Gasteiger partial charge in [0.2, 0.25) is 0 Å². The standard InChI is InChI=1S/C40H23N3S/c1-3-12-26-24(10-1)25-11-2-4-13-27(25)33-23-37-34(22-32(26)33)30-16-9-17-31(39(30)44-37)40-41-21-20-38(42-40)43-35-18-7-5-14-28(35)29-15-6-8-19-36(29)43/h1-23H. The Hall–Kier alpha value is -5.58. The number of benzene rings is 7. The Morgan fingerprint density at radius 1 is 0.455 bits per heavy atom. The van der Waals surface area contributed by atoms with Crippen molar-refractivity contribution in [2.75, 3.05) is 0 Å². The summed E-state index contributed by atoms with van der Waals surface area (Å²) in [6.07, 6.45) is 1.89. The van der Waals surface area contributed by atoms with Crippen molar-refractivity contribution in [2.45, 2.75) is 0 Å². The van der Waals surface area contributed by atoms with Crippen molar-refractivity contribution in [1.29, 1.82) is 0 Å². The molecule has 44 heavy (non-hydrogen) atoms. The van der Waals surface area contributed by atoms with Crippen LogP contribution in [0, 0.1) is 0 Å². The van der Waals surface area contributed by atoms with Gasteiger partial charge in [-0.1, -0.05) is 97.1 Å². The van der Waals surface area contributed by atoms with E-state index >= 15 is 0 Å². The summed E-state index contributed by atoms with van der Waals surface area (Å²) in [4.78, 5) is 10.0. The predicted octanol–water partition coefficient (Wildman–Crippen LogP) is 11.1. The van der Waals surface area contributed by atoms with Crippen LogP contribution in [0.2, 0.25) is 0 Å². The van der Waals surface area contributed by atoms with Gasteiger partial charge in [0.15, 0.2) is 5.82 Å². The summed E-state index contributed by atoms with van der Waals surface area (Å²) in [5.74, 6) is 1.61. The molecule has 10 aromatic rings. The first-order valence-corrected chi connectivity index (χ1v) is 15.7. The maximum absolute atomic E-state index is 5.20. The second-order valence-corrected chi connectivity index (χ2v) is 12.4. The highest BCUT2D eigenvalue weighted by atomic mass is 32.1. The fourth-order valence-corrected chi connectivity index (χ4v) is 8.38. The molecule has 0 aliphatic heterocycles. The zero-order valence-corrected chi connectivity index (χ0v) is 24.3. The molecule has 0 aliphatic rings. The van der Waals surface area contributed by atoms with Gasteiger partial charge in [0.05, 0.1) is 11.0 Å². The van der Waals surface area contributed by atoms with Crippen molar-refractivity contribution in [3.05, 3.63) is 140 Å². The van der Waals surface area contributed by atoms with Gasteiger partial charge in [0.1, 0.15) is 5.82 Å². The molecule has 0 fully saturated rings. The Kier molecular flexibility index (Phi) is 4.87. The number of fused-ring (bicyclic) bond motifs is 12. The number of rotatable bonds is 2. The molecule has 0 unspecified atom stereocenters. The Labute approximate surface area is 256 Å². The summed E-state index contributed by atoms with van der Waals surface area (Å²) in [5.41, 5.74) is 3.35. The van der Waals surface area contributed by atoms with Gasteiger partial charge < -0.3 is 0 Å². The van der Waals surface area contributed by atoms with Gasteiger partial charge in [0, 0.05) is 42.7 Å². The van der Waals surface area contributed by atoms with E-state index < -0.39 is 0 Å². The molecule has 204 valence electrons. The van der Waals surface area contributed by atoms with Crippen LogP contribution in [0.1, 0.15) is 0 Å². The Balaban J connectivity index is 1.23. The average Bonchev–Trinajstić information content (AvgIpc) is 3.63. The highest BCUT2D eigenvalue weighted by Gasteiger charge is 2.17. The highest BCUT2D eigenvalue weighted by Crippen LogP contribution is 2.44. The van der Waals surface area contributed by atoms with Gasteiger partial charge in [-0.05, 0) is 68.7 Å². The quantitative estimate of drug-likeness (QED) is 0.191. The molecule has 3 aromatic heterocycles. The van der Waals surface area contributed by atoms with Crippen molar-refractivity contribution in [1.82, 2.24) is 14.5 Å². The summed E-state index contributed by atoms with van der Waals surface area (Å²) in [6.45, 7) is 0. The summed E-state index contributed by atoms with van der Waals surface area (Å²) in [7, 11) is 0. The number of nitrogens with zero attached hydrogens (tertiary/aromatic N) is 3. The molecular weight excluding hydrogens is 555 g/mol. The number of hydrogen-bond acceptors (Lipinski definition) is 3. The Morgan fingerprint density at radius 2 is 1.00 bits per heavy atom. The lowest BCUT2D eigenvalue weighted by Gasteiger charge is -2.10. The first kappa shape index (κ1) is 23.9. The first-order chi connectivity index (χ1) is 21.8. The van der Waals surface area contributed by atoms with Crippen molar-refractivity contribution >= 4 is 85.6 Å². The lowest BCUT2D eigenvalue weighted by atomic mass is 9.93. The molecule has 0 N–H and O–H groups in total. The van der Waals surface area contributed by atoms with E-state index in [4.69, 9.17) is 9.97 Å². The molecule has 0 atom stereocenters. The largest absolute Gasteiger partial charge is 0.294 e. The summed E-state index contributed by atoms with van der Waals surface area (Å²) in [6, 6.07) is 48.0. The van der Waals surface area contributed by atoms with Crippen molar-refractivity contribution in [3.63, 3.8) is 0 Å². The maximum Gasteiger partial charge on any atom is 0.162 e. The average molecular weight is 578 g/mol. The second-order valence-electron chi connectivity index (χ2n) is 11.4. The van der Waals surface area contributed by atoms with E-state index in [1.54, 1.807) is 0 Å². The van der Waals surface area contributed by atoms with Crippen LogP contribution >= 0.6 is 11.3 Å². The number of aromatic nitrogens is 3. The van der Waals surface area contributed by atoms with Crippen LogP contribution in [-0.2, 0) is 0 Å². The summed E-state index contributed by atoms with van der Waals surface area (Å²) in [5, 5.41) is 12.7.